The average Bonchev–Trinajstić information content (AvgIpc) is 3.60. The minimum atomic E-state index is -2.32. The molecule has 0 spiro atoms. The van der Waals surface area contributed by atoms with Crippen LogP contribution in [0.25, 0.3) is 27.8 Å². The number of rotatable bonds is 2. The van der Waals surface area contributed by atoms with Crippen molar-refractivity contribution in [3.8, 4) is 22.6 Å². The van der Waals surface area contributed by atoms with Gasteiger partial charge in [0, 0.05) is 11.1 Å². The molecular formula is C24H17NO10. The molecule has 4 aliphatic rings. The van der Waals surface area contributed by atoms with Gasteiger partial charge in [-0.3, -0.25) is 4.79 Å². The number of methoxy groups -OCH3 is 2. The number of ketones is 1. The predicted octanol–water partition coefficient (Wildman–Crippen LogP) is 0.916. The maximum atomic E-state index is 13.2. The van der Waals surface area contributed by atoms with Gasteiger partial charge < -0.3 is 33.7 Å². The Labute approximate surface area is 195 Å². The zero-order chi connectivity index (χ0) is 24.4. The summed E-state index contributed by atoms with van der Waals surface area (Å²) in [6, 6.07) is 6.70. The molecule has 2 aromatic carbocycles. The van der Waals surface area contributed by atoms with Crippen LogP contribution in [0.2, 0.25) is 0 Å². The summed E-state index contributed by atoms with van der Waals surface area (Å²) in [6.07, 6.45) is -3.57. The number of benzene rings is 2. The second-order valence-electron chi connectivity index (χ2n) is 8.82. The lowest BCUT2D eigenvalue weighted by molar-refractivity contribution is -0.168. The fraction of sp³-hybridized carbons (Fsp3) is 0.292. The number of para-hydroxylation sites is 1. The molecule has 35 heavy (non-hydrogen) atoms. The molecule has 0 radical (unpaired) electrons. The monoisotopic (exact) mass is 479 g/mol. The third-order valence-electron chi connectivity index (χ3n) is 7.18. The molecule has 7 rings (SSSR count). The second-order valence-corrected chi connectivity index (χ2v) is 8.82. The van der Waals surface area contributed by atoms with E-state index >= 15 is 0 Å². The van der Waals surface area contributed by atoms with Crippen LogP contribution in [0, 0.1) is 0 Å². The number of fused-ring (bicyclic) bond motifs is 5. The SMILES string of the molecule is COC(=O)C12Oc3cc4c(c(OC)c3C(O)=C1C(=O)C1OC1C2O)-c1cccc2c(=O)on(c12)C4. The van der Waals surface area contributed by atoms with Gasteiger partial charge in [0.2, 0.25) is 0 Å². The van der Waals surface area contributed by atoms with Gasteiger partial charge in [-0.2, -0.15) is 0 Å². The molecule has 0 amide bonds. The first-order chi connectivity index (χ1) is 16.8. The van der Waals surface area contributed by atoms with E-state index in [1.165, 1.54) is 11.8 Å². The lowest BCUT2D eigenvalue weighted by Crippen LogP contribution is -2.64. The maximum Gasteiger partial charge on any atom is 0.365 e. The summed E-state index contributed by atoms with van der Waals surface area (Å²) < 4.78 is 28.8. The van der Waals surface area contributed by atoms with Crippen molar-refractivity contribution < 1.29 is 43.3 Å². The lowest BCUT2D eigenvalue weighted by Gasteiger charge is -2.42. The standard InChI is InChI=1S/C24H17NO10/c1-31-18-12-8(7-25-15-9(12)4-3-5-10(15)22(29)35-25)6-11-13(18)16(26)14-17(27)19-20(33-19)21(28)24(14,34-11)23(30)32-2/h3-6,19-21,26,28H,7H2,1-2H3. The van der Waals surface area contributed by atoms with Gasteiger partial charge in [0.15, 0.2) is 5.78 Å². The van der Waals surface area contributed by atoms with Crippen molar-refractivity contribution in [1.82, 2.24) is 4.74 Å². The molecular weight excluding hydrogens is 462 g/mol. The molecule has 1 saturated carbocycles. The Hall–Kier alpha value is -4.09. The first kappa shape index (κ1) is 20.3. The van der Waals surface area contributed by atoms with Gasteiger partial charge in [-0.15, -0.1) is 0 Å². The van der Waals surface area contributed by atoms with E-state index in [4.69, 9.17) is 23.5 Å². The fourth-order valence-electron chi connectivity index (χ4n) is 5.65. The van der Waals surface area contributed by atoms with Crippen LogP contribution in [0.5, 0.6) is 11.5 Å². The molecule has 2 fully saturated rings. The summed E-state index contributed by atoms with van der Waals surface area (Å²) >= 11 is 0. The lowest BCUT2D eigenvalue weighted by atomic mass is 9.73. The zero-order valence-corrected chi connectivity index (χ0v) is 18.4. The Kier molecular flexibility index (Phi) is 3.66. The Balaban J connectivity index is 1.56. The second kappa shape index (κ2) is 6.32. The van der Waals surface area contributed by atoms with Gasteiger partial charge in [-0.25, -0.2) is 14.3 Å². The highest BCUT2D eigenvalue weighted by molar-refractivity contribution is 6.16. The summed E-state index contributed by atoms with van der Waals surface area (Å²) in [7, 11) is 2.48. The number of ether oxygens (including phenoxy) is 4. The normalized spacial score (nSPS) is 27.4. The van der Waals surface area contributed by atoms with Crippen molar-refractivity contribution in [2.24, 2.45) is 0 Å². The minimum absolute atomic E-state index is 0.0108. The van der Waals surface area contributed by atoms with E-state index in [2.05, 4.69) is 0 Å². The number of hydrogen-bond donors (Lipinski definition) is 2. The topological polar surface area (TPSA) is 150 Å². The number of esters is 1. The molecule has 4 heterocycles. The minimum Gasteiger partial charge on any atom is -0.506 e. The van der Waals surface area contributed by atoms with E-state index in [1.807, 2.05) is 0 Å². The summed E-state index contributed by atoms with van der Waals surface area (Å²) in [5.41, 5.74) is -0.862. The summed E-state index contributed by atoms with van der Waals surface area (Å²) in [5, 5.41) is 22.8. The molecule has 11 heteroatoms. The highest BCUT2D eigenvalue weighted by Gasteiger charge is 2.72. The average molecular weight is 479 g/mol. The predicted molar refractivity (Wildman–Crippen MR) is 116 cm³/mol. The van der Waals surface area contributed by atoms with Gasteiger partial charge in [0.25, 0.3) is 5.60 Å². The third-order valence-corrected chi connectivity index (χ3v) is 7.18. The summed E-state index contributed by atoms with van der Waals surface area (Å²) in [6.45, 7) is 0.135. The number of epoxide rings is 1. The Bertz CT molecular complexity index is 1610. The Morgan fingerprint density at radius 2 is 2.03 bits per heavy atom. The molecule has 178 valence electrons. The number of hydrogen-bond acceptors (Lipinski definition) is 10. The van der Waals surface area contributed by atoms with Crippen molar-refractivity contribution in [2.45, 2.75) is 30.5 Å². The van der Waals surface area contributed by atoms with Gasteiger partial charge in [-0.05, 0) is 17.7 Å². The zero-order valence-electron chi connectivity index (χ0n) is 18.4. The van der Waals surface area contributed by atoms with Gasteiger partial charge in [0.1, 0.15) is 41.1 Å². The van der Waals surface area contributed by atoms with Crippen LogP contribution in [-0.4, -0.2) is 64.8 Å². The maximum absolute atomic E-state index is 13.2. The largest absolute Gasteiger partial charge is 0.506 e. The first-order valence-corrected chi connectivity index (χ1v) is 10.8. The van der Waals surface area contributed by atoms with Crippen LogP contribution in [-0.2, 0) is 25.6 Å². The van der Waals surface area contributed by atoms with Crippen LogP contribution in [0.1, 0.15) is 11.1 Å². The smallest absolute Gasteiger partial charge is 0.365 e. The highest BCUT2D eigenvalue weighted by atomic mass is 16.6. The number of aliphatic hydroxyl groups is 2. The molecule has 2 N–H and O–H groups in total. The van der Waals surface area contributed by atoms with E-state index < -0.39 is 52.6 Å². The quantitative estimate of drug-likeness (QED) is 0.314. The highest BCUT2D eigenvalue weighted by Crippen LogP contribution is 2.56. The molecule has 1 aliphatic carbocycles. The molecule has 1 saturated heterocycles. The molecule has 3 aromatic rings. The molecule has 11 nitrogen and oxygen atoms in total. The molecule has 3 aliphatic heterocycles. The summed E-state index contributed by atoms with van der Waals surface area (Å²) in [5.74, 6) is -2.14. The van der Waals surface area contributed by atoms with Gasteiger partial charge in [0.05, 0.1) is 37.2 Å². The molecule has 1 aromatic heterocycles. The Morgan fingerprint density at radius 3 is 2.77 bits per heavy atom. The van der Waals surface area contributed by atoms with Crippen LogP contribution in [0.4, 0.5) is 0 Å². The van der Waals surface area contributed by atoms with Crippen LogP contribution in [0.15, 0.2) is 39.2 Å². The van der Waals surface area contributed by atoms with Gasteiger partial charge in [-0.1, -0.05) is 12.1 Å². The fourth-order valence-corrected chi connectivity index (χ4v) is 5.65. The van der Waals surface area contributed by atoms with E-state index in [0.29, 0.717) is 27.6 Å². The third kappa shape index (κ3) is 2.20. The van der Waals surface area contributed by atoms with E-state index in [1.54, 1.807) is 24.3 Å². The van der Waals surface area contributed by atoms with Crippen LogP contribution >= 0.6 is 0 Å². The number of nitrogens with zero attached hydrogens (tertiary/aromatic N) is 1. The molecule has 4 atom stereocenters. The van der Waals surface area contributed by atoms with E-state index in [9.17, 15) is 24.6 Å². The van der Waals surface area contributed by atoms with Crippen molar-refractivity contribution >= 4 is 28.4 Å². The van der Waals surface area contributed by atoms with Crippen molar-refractivity contribution in [3.63, 3.8) is 0 Å². The van der Waals surface area contributed by atoms with E-state index in [0.717, 1.165) is 7.11 Å². The van der Waals surface area contributed by atoms with Crippen molar-refractivity contribution in [3.05, 3.63) is 51.4 Å². The van der Waals surface area contributed by atoms with Crippen molar-refractivity contribution in [1.29, 1.82) is 0 Å². The Morgan fingerprint density at radius 1 is 1.23 bits per heavy atom. The molecule has 4 unspecified atom stereocenters. The number of Topliss-reactive ketones (excluding diaryl/α,β-unsaturated/α-hetero) is 1. The van der Waals surface area contributed by atoms with E-state index in [-0.39, 0.29) is 23.6 Å². The number of aliphatic hydroxyl groups excluding tert-OH is 2. The number of carbonyl (C=O) groups excluding carboxylic acids is 2. The number of aromatic nitrogens is 1. The van der Waals surface area contributed by atoms with Crippen molar-refractivity contribution in [2.75, 3.05) is 14.2 Å². The molecule has 0 bridgehead atoms. The van der Waals surface area contributed by atoms with Gasteiger partial charge >= 0.3 is 11.6 Å². The summed E-state index contributed by atoms with van der Waals surface area (Å²) in [4.78, 5) is 38.5. The first-order valence-electron chi connectivity index (χ1n) is 10.8. The number of carbonyl (C=O) groups is 2. The van der Waals surface area contributed by atoms with Crippen LogP contribution < -0.4 is 15.1 Å². The van der Waals surface area contributed by atoms with Crippen LogP contribution in [0.3, 0.4) is 0 Å².